The third-order valence-corrected chi connectivity index (χ3v) is 36.3. The minimum Gasteiger partial charge on any atom is -0.493 e. The number of aromatic nitrogens is 10. The summed E-state index contributed by atoms with van der Waals surface area (Å²) in [7, 11) is -13.3. The zero-order chi connectivity index (χ0) is 102. The van der Waals surface area contributed by atoms with Crippen molar-refractivity contribution in [3.63, 3.8) is 0 Å². The number of nitrogen functional groups attached to an aromatic ring is 5. The maximum absolute atomic E-state index is 14.0. The van der Waals surface area contributed by atoms with E-state index < -0.39 is 56.4 Å². The molecular formula is C94H100F3N21O14S9. The number of amides is 5. The molecule has 15 aromatic rings. The molecule has 1 saturated carbocycles. The van der Waals surface area contributed by atoms with E-state index in [-0.39, 0.29) is 101 Å². The molecule has 1 aliphatic heterocycles. The van der Waals surface area contributed by atoms with Crippen molar-refractivity contribution in [1.29, 1.82) is 0 Å². The predicted octanol–water partition coefficient (Wildman–Crippen LogP) is 13.9. The Bertz CT molecular complexity index is 7950. The number of fused-ring (bicyclic) bond motifs is 7. The number of nitrogens with zero attached hydrogens (tertiary/aromatic N) is 11. The lowest BCUT2D eigenvalue weighted by Crippen LogP contribution is -2.60. The van der Waals surface area contributed by atoms with Crippen LogP contribution in [0.25, 0.3) is 51.1 Å². The van der Waals surface area contributed by atoms with Gasteiger partial charge in [-0.1, -0.05) is 54.6 Å². The highest BCUT2D eigenvalue weighted by Gasteiger charge is 2.42. The summed E-state index contributed by atoms with van der Waals surface area (Å²) in [5.74, 6) is -1.61. The molecule has 15 N–H and O–H groups in total. The van der Waals surface area contributed by atoms with E-state index >= 15 is 0 Å². The Balaban J connectivity index is 0.000000140. The van der Waals surface area contributed by atoms with Gasteiger partial charge in [0.05, 0.1) is 89.6 Å². The SMILES string of the molecule is CC(F)S(=O)(=O)c1ccc(CNC(=O)c2sc3nnc4c(c3c2N)CCCC4)cc1.COc1c(C)cc(CNC(=O)c2sc3nnc(C)c(C)c3c2N)cc1F.Cc1cccc(S(=O)(=O)N2CC(NC(=O)c3sc4nnc(C)c(C)c4c3N)C2)c1.Cc1nnc2sc(C(=O)NCc3ccc(S(=O)(=O)C(C)F)cc3)c(N)c2c1C.Cc1nnc2sc(C(=O)N[C@H]3C[C@@H]3c3ccc(S(C)(=O)=O)cc3)c(N)c2c1C. The molecule has 47 heteroatoms. The average Bonchev–Trinajstić information content (AvgIpc) is 1.36. The predicted molar refractivity (Wildman–Crippen MR) is 543 cm³/mol. The topological polar surface area (TPSA) is 554 Å². The van der Waals surface area contributed by atoms with Crippen LogP contribution in [-0.4, -0.2) is 168 Å². The zero-order valence-corrected chi connectivity index (χ0v) is 86.0. The van der Waals surface area contributed by atoms with Crippen LogP contribution in [-0.2, 0) is 72.0 Å². The van der Waals surface area contributed by atoms with Gasteiger partial charge in [-0.05, 0) is 231 Å². The van der Waals surface area contributed by atoms with Crippen LogP contribution < -0.4 is 60.0 Å². The lowest BCUT2D eigenvalue weighted by atomic mass is 9.94. The summed E-state index contributed by atoms with van der Waals surface area (Å²) in [5.41, 5.74) is 42.5. The van der Waals surface area contributed by atoms with Crippen LogP contribution >= 0.6 is 56.7 Å². The number of sulfone groups is 3. The molecule has 740 valence electrons. The molecule has 10 aromatic heterocycles. The number of benzene rings is 5. The quantitative estimate of drug-likeness (QED) is 0.0301. The van der Waals surface area contributed by atoms with Gasteiger partial charge >= 0.3 is 0 Å². The first kappa shape index (κ1) is 104. The zero-order valence-electron chi connectivity index (χ0n) is 78.7. The van der Waals surface area contributed by atoms with Crippen LogP contribution in [0, 0.1) is 75.1 Å². The first-order valence-corrected chi connectivity index (χ1v) is 54.3. The van der Waals surface area contributed by atoms with Gasteiger partial charge in [-0.3, -0.25) is 24.0 Å². The fourth-order valence-corrected chi connectivity index (χ4v) is 24.8. The molecule has 3 aliphatic rings. The number of ether oxygens (including phenoxy) is 1. The maximum atomic E-state index is 14.0. The van der Waals surface area contributed by atoms with Crippen molar-refractivity contribution >= 4 is 205 Å². The molecule has 0 radical (unpaired) electrons. The number of carbonyl (C=O) groups excluding carboxylic acids is 5. The average molecular weight is 2090 g/mol. The van der Waals surface area contributed by atoms with Crippen molar-refractivity contribution in [2.45, 2.75) is 183 Å². The van der Waals surface area contributed by atoms with Crippen LogP contribution in [0.1, 0.15) is 177 Å². The third-order valence-electron chi connectivity index (χ3n) is 24.4. The number of hydrogen-bond donors (Lipinski definition) is 10. The first-order chi connectivity index (χ1) is 66.6. The number of halogens is 3. The smallest absolute Gasteiger partial charge is 0.263 e. The Morgan fingerprint density at radius 2 is 0.816 bits per heavy atom. The van der Waals surface area contributed by atoms with Gasteiger partial charge in [-0.2, -0.15) is 29.8 Å². The highest BCUT2D eigenvalue weighted by Crippen LogP contribution is 2.45. The van der Waals surface area contributed by atoms with Crippen LogP contribution in [0.15, 0.2) is 129 Å². The minimum atomic E-state index is -3.98. The van der Waals surface area contributed by atoms with E-state index in [1.807, 2.05) is 80.5 Å². The summed E-state index contributed by atoms with van der Waals surface area (Å²) >= 11 is 6.03. The highest BCUT2D eigenvalue weighted by molar-refractivity contribution is 7.92. The van der Waals surface area contributed by atoms with Crippen LogP contribution in [0.4, 0.5) is 41.6 Å². The van der Waals surface area contributed by atoms with Gasteiger partial charge in [0.2, 0.25) is 40.7 Å². The van der Waals surface area contributed by atoms with Gasteiger partial charge < -0.3 is 60.0 Å². The van der Waals surface area contributed by atoms with E-state index in [1.165, 1.54) is 117 Å². The molecule has 11 heterocycles. The molecule has 5 aromatic carbocycles. The molecule has 35 nitrogen and oxygen atoms in total. The number of nitrogens with two attached hydrogens (primary N) is 5. The van der Waals surface area contributed by atoms with Gasteiger partial charge in [0.1, 0.15) is 48.5 Å². The second-order valence-electron chi connectivity index (χ2n) is 34.1. The second-order valence-corrected chi connectivity index (χ2v) is 47.5. The summed E-state index contributed by atoms with van der Waals surface area (Å²) in [6, 6.07) is 28.0. The normalized spacial score (nSPS) is 14.7. The van der Waals surface area contributed by atoms with Gasteiger partial charge in [0.15, 0.2) is 21.4 Å². The van der Waals surface area contributed by atoms with Crippen molar-refractivity contribution in [3.8, 4) is 5.75 Å². The van der Waals surface area contributed by atoms with Gasteiger partial charge in [0.25, 0.3) is 29.5 Å². The molecule has 0 bridgehead atoms. The number of alkyl halides is 2. The number of carbonyl (C=O) groups is 5. The standard InChI is InChI=1S/C20H21FN4O3S2.C19H21N5O3S2.C19H20N4O3S2.C18H19FN4O3S2.C18H19FN4O2S/c1-11(21)30(27,28)13-8-6-12(7-9-13)10-23-19(26)18-17(22)16-14-4-2-3-5-15(14)24-25-20(16)29-18;1-10-5-4-6-14(7-10)29(26,27)24-8-13(9-24)21-18(25)17-16(20)15-11(2)12(3)22-23-19(15)28-17;1-9-10(2)22-23-19-15(9)16(20)17(27-19)18(24)21-14-8-13(14)11-4-6-12(7-5-11)28(3,25)26;1-9-10(2)22-23-18-14(9)15(20)16(27-18)17(24)21-8-12-4-6-13(7-5-12)28(25,26)11(3)19;1-8-5-11(6-12(19)15(8)25-4)7-21-17(24)16-14(20)13-9(2)10(3)22-23-18(13)26-16/h6-9,11H,2-5,10,22H2,1H3,(H,23,26);4-7,13H,8-9,20H2,1-3H3,(H,21,25);4-7,13-14H,8,20H2,1-3H3,(H,21,24);4-7,11H,8,20H2,1-3H3,(H,21,24);5-6H,7,20H2,1-4H3,(H,21,24)/t;;13-,14+;;/m..1../s1. The molecule has 18 rings (SSSR count). The van der Waals surface area contributed by atoms with Gasteiger partial charge in [0, 0.05) is 77.9 Å². The van der Waals surface area contributed by atoms with Crippen molar-refractivity contribution < 1.29 is 75.6 Å². The van der Waals surface area contributed by atoms with Gasteiger partial charge in [-0.15, -0.1) is 82.2 Å². The summed E-state index contributed by atoms with van der Waals surface area (Å²) < 4.78 is 143. The van der Waals surface area contributed by atoms with E-state index in [1.54, 1.807) is 55.5 Å². The van der Waals surface area contributed by atoms with E-state index in [2.05, 4.69) is 77.6 Å². The number of aryl methyl sites for hydroxylation is 12. The van der Waals surface area contributed by atoms with E-state index in [4.69, 9.17) is 33.4 Å². The lowest BCUT2D eigenvalue weighted by molar-refractivity contribution is 0.0897. The second kappa shape index (κ2) is 42.0. The maximum Gasteiger partial charge on any atom is 0.263 e. The largest absolute Gasteiger partial charge is 0.493 e. The fraction of sp³-hybridized carbons (Fsp3) is 0.309. The van der Waals surface area contributed by atoms with Crippen molar-refractivity contribution in [2.24, 2.45) is 0 Å². The number of sulfonamides is 1. The minimum absolute atomic E-state index is 0.00936. The first-order valence-electron chi connectivity index (χ1n) is 43.8. The molecule has 4 atom stereocenters. The number of methoxy groups -OCH3 is 1. The Morgan fingerprint density at radius 1 is 0.447 bits per heavy atom. The number of nitrogens with one attached hydrogen (secondary N) is 5. The van der Waals surface area contributed by atoms with Gasteiger partial charge in [-0.25, -0.2) is 46.8 Å². The number of hydrogen-bond acceptors (Lipinski definition) is 34. The lowest BCUT2D eigenvalue weighted by Gasteiger charge is -2.38. The highest BCUT2D eigenvalue weighted by atomic mass is 32.2. The Morgan fingerprint density at radius 3 is 1.21 bits per heavy atom. The molecule has 141 heavy (non-hydrogen) atoms. The monoisotopic (exact) mass is 2090 g/mol. The van der Waals surface area contributed by atoms with E-state index in [9.17, 15) is 70.8 Å². The van der Waals surface area contributed by atoms with Crippen molar-refractivity contribution in [3.05, 3.63) is 229 Å². The van der Waals surface area contributed by atoms with E-state index in [0.717, 1.165) is 140 Å². The summed E-state index contributed by atoms with van der Waals surface area (Å²) in [5, 5.41) is 59.4. The van der Waals surface area contributed by atoms with Crippen molar-refractivity contribution in [1.82, 2.24) is 81.9 Å². The molecule has 1 saturated heterocycles. The molecule has 2 fully saturated rings. The number of thiophene rings is 5. The molecule has 2 aliphatic carbocycles. The van der Waals surface area contributed by atoms with Crippen LogP contribution in [0.5, 0.6) is 5.75 Å². The van der Waals surface area contributed by atoms with E-state index in [0.29, 0.717) is 104 Å². The Kier molecular flexibility index (Phi) is 31.0. The summed E-state index contributed by atoms with van der Waals surface area (Å²) in [6.45, 7) is 21.5. The fourth-order valence-electron chi connectivity index (χ4n) is 15.7. The van der Waals surface area contributed by atoms with Crippen molar-refractivity contribution in [2.75, 3.05) is 55.1 Å². The third kappa shape index (κ3) is 22.0. The summed E-state index contributed by atoms with van der Waals surface area (Å²) in [4.78, 5) is 68.7. The van der Waals surface area contributed by atoms with Crippen LogP contribution in [0.3, 0.4) is 0 Å². The molecular weight excluding hydrogens is 1990 g/mol. The molecule has 0 spiro atoms. The Hall–Kier alpha value is -13.0. The number of anilines is 5. The Labute approximate surface area is 829 Å². The summed E-state index contributed by atoms with van der Waals surface area (Å²) in [6.07, 6.45) is 5.91. The number of rotatable bonds is 22. The molecule has 2 unspecified atom stereocenters. The van der Waals surface area contributed by atoms with Crippen LogP contribution in [0.2, 0.25) is 0 Å². The molecule has 5 amide bonds.